The molecule has 0 aromatic rings. The molecule has 3 atom stereocenters. The van der Waals surface area contributed by atoms with Gasteiger partial charge in [0.25, 0.3) is 0 Å². The summed E-state index contributed by atoms with van der Waals surface area (Å²) in [6, 6.07) is -1.67. The molecule has 0 unspecified atom stereocenters. The molecular weight excluding hydrogens is 122 g/mol. The molecule has 0 bridgehead atoms. The Bertz CT molecular complexity index is 227. The molecule has 54 valence electrons. The molecule has 9 heavy (non-hydrogen) atoms. The Hall–Kier alpha value is -0.570. The van der Waals surface area contributed by atoms with E-state index in [0.717, 1.165) is 6.92 Å². The molecule has 0 amide bonds. The van der Waals surface area contributed by atoms with E-state index in [1.165, 1.54) is 0 Å². The minimum absolute atomic E-state index is 0.987. The number of hydrogen-bond donors (Lipinski definition) is 2. The van der Waals surface area contributed by atoms with Gasteiger partial charge < -0.3 is 10.8 Å². The van der Waals surface area contributed by atoms with E-state index in [1.54, 1.807) is 0 Å². The zero-order valence-corrected chi connectivity index (χ0v) is 5.09. The fourth-order valence-electron chi connectivity index (χ4n) is 0.341. The number of rotatable bonds is 3. The van der Waals surface area contributed by atoms with Gasteiger partial charge in [0.2, 0.25) is 0 Å². The number of carbonyl (C=O) groups is 1. The van der Waals surface area contributed by atoms with Crippen LogP contribution in [-0.4, -0.2) is 17.1 Å². The second kappa shape index (κ2) is 3.45. The SMILES string of the molecule is [2H][13C@@H]([13C@H]([15NH2])[13C](=O)O)[12C@@]([2H])(C)[12C]([2H])([2H])[2H]. The quantitative estimate of drug-likeness (QED) is 0.441. The van der Waals surface area contributed by atoms with Crippen molar-refractivity contribution in [2.45, 2.75) is 26.2 Å². The highest BCUT2D eigenvalue weighted by molar-refractivity contribution is 5.72. The number of hydrogen-bond acceptors (Lipinski definition) is 2. The first-order valence-corrected chi connectivity index (χ1v) is 2.42. The summed E-state index contributed by atoms with van der Waals surface area (Å²) in [5.74, 6) is -3.67. The predicted octanol–water partition coefficient (Wildman–Crippen LogP) is 0.444. The number of aliphatic carboxylic acids is 1. The molecule has 0 radical (unpaired) electrons. The lowest BCUT2D eigenvalue weighted by Gasteiger charge is -2.07. The molecule has 3 N–H and O–H groups in total. The fraction of sp³-hybridized carbons (Fsp3) is 0.833. The molecule has 0 aromatic heterocycles. The molecule has 0 aliphatic rings. The first-order chi connectivity index (χ1) is 6.01. The van der Waals surface area contributed by atoms with E-state index in [1.807, 2.05) is 0 Å². The largest absolute Gasteiger partial charge is 0.480 e. The third-order valence-electron chi connectivity index (χ3n) is 0.715. The van der Waals surface area contributed by atoms with E-state index in [4.69, 9.17) is 17.7 Å². The van der Waals surface area contributed by atoms with Crippen molar-refractivity contribution in [3.05, 3.63) is 0 Å². The van der Waals surface area contributed by atoms with Gasteiger partial charge in [0.05, 0.1) is 0 Å². The molecule has 3 heteroatoms. The standard InChI is InChI=1S/C6H13NO2/c1-4(2)3-5(7)6(8)9/h4-5H,3,7H2,1-2H3,(H,8,9)/t5-/m0/s1/i1+0D3,3+1D,4+0D,5+1,6+1,7+1/t3-,4-,5+/m1. The second-order valence-electron chi connectivity index (χ2n) is 1.71. The molecule has 0 aliphatic heterocycles. The van der Waals surface area contributed by atoms with Crippen LogP contribution < -0.4 is 5.73 Å². The smallest absolute Gasteiger partial charge is 0.320 e. The number of carboxylic acid groups (broad SMARTS) is 1. The van der Waals surface area contributed by atoms with Crippen molar-refractivity contribution in [1.29, 1.82) is 0 Å². The van der Waals surface area contributed by atoms with Crippen molar-refractivity contribution in [3.63, 3.8) is 0 Å². The van der Waals surface area contributed by atoms with Gasteiger partial charge in [-0.25, -0.2) is 0 Å². The Morgan fingerprint density at radius 2 is 2.78 bits per heavy atom. The van der Waals surface area contributed by atoms with Crippen molar-refractivity contribution in [2.24, 2.45) is 11.6 Å². The van der Waals surface area contributed by atoms with Crippen LogP contribution in [-0.2, 0) is 4.79 Å². The van der Waals surface area contributed by atoms with Gasteiger partial charge in [-0.15, -0.1) is 0 Å². The van der Waals surface area contributed by atoms with Gasteiger partial charge in [-0.05, 0) is 12.3 Å². The third-order valence-corrected chi connectivity index (χ3v) is 0.715. The summed E-state index contributed by atoms with van der Waals surface area (Å²) in [6.07, 6.45) is -1.70. The van der Waals surface area contributed by atoms with Crippen molar-refractivity contribution >= 4 is 5.97 Å². The normalized spacial score (nSPS) is 33.3. The van der Waals surface area contributed by atoms with E-state index < -0.39 is 31.2 Å². The second-order valence-corrected chi connectivity index (χ2v) is 1.71. The monoisotopic (exact) mass is 140 g/mol. The van der Waals surface area contributed by atoms with Crippen LogP contribution >= 0.6 is 0 Å². The molecule has 0 spiro atoms. The molecule has 0 rings (SSSR count). The van der Waals surface area contributed by atoms with E-state index in [0.29, 0.717) is 0 Å². The number of carboxylic acids is 1. The number of nitrogens with two attached hydrogens (primary N) is 1. The lowest BCUT2D eigenvalue weighted by Crippen LogP contribution is -2.31. The van der Waals surface area contributed by atoms with Gasteiger partial charge in [0.15, 0.2) is 0 Å². The van der Waals surface area contributed by atoms with Crippen molar-refractivity contribution in [1.82, 2.24) is 0 Å². The minimum Gasteiger partial charge on any atom is -0.480 e. The molecule has 3 nitrogen and oxygen atoms in total. The maximum absolute atomic E-state index is 10.4. The van der Waals surface area contributed by atoms with Crippen molar-refractivity contribution < 1.29 is 16.8 Å². The summed E-state index contributed by atoms with van der Waals surface area (Å²) >= 11 is 0. The molecular formula is C6H13NO2. The van der Waals surface area contributed by atoms with Crippen LogP contribution in [0.15, 0.2) is 0 Å². The summed E-state index contributed by atoms with van der Waals surface area (Å²) in [6.45, 7) is -1.74. The highest BCUT2D eigenvalue weighted by Gasteiger charge is 2.11. The first-order valence-electron chi connectivity index (χ1n) is 5.00. The lowest BCUT2D eigenvalue weighted by atomic mass is 10.3. The van der Waals surface area contributed by atoms with Gasteiger partial charge in [0.1, 0.15) is 6.04 Å². The van der Waals surface area contributed by atoms with E-state index in [-0.39, 0.29) is 0 Å². The summed E-state index contributed by atoms with van der Waals surface area (Å²) in [5, 5.41) is 8.47. The zero-order valence-electron chi connectivity index (χ0n) is 10.1. The lowest BCUT2D eigenvalue weighted by molar-refractivity contribution is -0.138. The minimum atomic E-state index is -2.73. The van der Waals surface area contributed by atoms with Crippen LogP contribution in [0, 0.1) is 5.89 Å². The first kappa shape index (κ1) is 3.01. The Labute approximate surface area is 61.9 Å². The average Bonchev–Trinajstić information content (AvgIpc) is 1.99. The van der Waals surface area contributed by atoms with Gasteiger partial charge in [-0.2, -0.15) is 0 Å². The summed E-state index contributed by atoms with van der Waals surface area (Å²) in [4.78, 5) is 10.4. The Morgan fingerprint density at radius 3 is 3.11 bits per heavy atom. The van der Waals surface area contributed by atoms with Gasteiger partial charge >= 0.3 is 5.97 Å². The van der Waals surface area contributed by atoms with Crippen LogP contribution in [0.2, 0.25) is 0 Å². The highest BCUT2D eigenvalue weighted by Crippen LogP contribution is 2.01. The Morgan fingerprint density at radius 1 is 2.22 bits per heavy atom. The fourth-order valence-corrected chi connectivity index (χ4v) is 0.341. The summed E-state index contributed by atoms with van der Waals surface area (Å²) in [7, 11) is 0. The zero-order chi connectivity index (χ0) is 11.7. The van der Waals surface area contributed by atoms with Crippen LogP contribution in [0.25, 0.3) is 0 Å². The summed E-state index contributed by atoms with van der Waals surface area (Å²) in [5.41, 5.74) is 5.09. The molecule has 0 saturated carbocycles. The van der Waals surface area contributed by atoms with Crippen molar-refractivity contribution in [3.8, 4) is 0 Å². The maximum atomic E-state index is 10.4. The van der Waals surface area contributed by atoms with Crippen molar-refractivity contribution in [2.75, 3.05) is 0 Å². The topological polar surface area (TPSA) is 63.3 Å². The maximum Gasteiger partial charge on any atom is 0.320 e. The predicted molar refractivity (Wildman–Crippen MR) is 35.1 cm³/mol. The van der Waals surface area contributed by atoms with Crippen LogP contribution in [0.4, 0.5) is 0 Å². The van der Waals surface area contributed by atoms with E-state index in [9.17, 15) is 4.79 Å². The molecule has 0 aliphatic carbocycles. The average molecular weight is 140 g/mol. The molecule has 0 saturated heterocycles. The Kier molecular flexibility index (Phi) is 1.16. The molecule has 0 heterocycles. The summed E-state index contributed by atoms with van der Waals surface area (Å²) < 4.78 is 35.7. The van der Waals surface area contributed by atoms with Gasteiger partial charge in [-0.3, -0.25) is 4.79 Å². The van der Waals surface area contributed by atoms with Crippen LogP contribution in [0.1, 0.15) is 27.0 Å². The van der Waals surface area contributed by atoms with Crippen LogP contribution in [0.3, 0.4) is 0 Å². The van der Waals surface area contributed by atoms with E-state index in [2.05, 4.69) is 0 Å². The Balaban J connectivity index is 4.84. The van der Waals surface area contributed by atoms with Gasteiger partial charge in [0, 0.05) is 6.85 Å². The molecule has 0 aromatic carbocycles. The third kappa shape index (κ3) is 3.97. The van der Waals surface area contributed by atoms with Crippen LogP contribution in [0.5, 0.6) is 0 Å². The molecule has 0 fully saturated rings. The highest BCUT2D eigenvalue weighted by atomic mass is 16.5. The van der Waals surface area contributed by atoms with E-state index >= 15 is 0 Å². The van der Waals surface area contributed by atoms with Gasteiger partial charge in [-0.1, -0.05) is 13.8 Å².